The lowest BCUT2D eigenvalue weighted by Crippen LogP contribution is -2.26. The molecule has 1 aliphatic rings. The van der Waals surface area contributed by atoms with Crippen LogP contribution in [0, 0.1) is 0 Å². The first-order valence-corrected chi connectivity index (χ1v) is 7.43. The van der Waals surface area contributed by atoms with Gasteiger partial charge in [0.25, 0.3) is 5.91 Å². The van der Waals surface area contributed by atoms with Gasteiger partial charge < -0.3 is 9.88 Å². The average molecular weight is 293 g/mol. The number of nitrogens with one attached hydrogen (secondary N) is 1. The van der Waals surface area contributed by atoms with E-state index < -0.39 is 0 Å². The SMILES string of the molecule is O=C1NCCCCCCCn2c1cc1cnc(Cl)nc12. The normalized spacial score (nSPS) is 17.4. The molecule has 3 rings (SSSR count). The molecule has 0 atom stereocenters. The predicted octanol–water partition coefficient (Wildman–Crippen LogP) is 2.78. The molecule has 20 heavy (non-hydrogen) atoms. The first-order valence-electron chi connectivity index (χ1n) is 7.06. The van der Waals surface area contributed by atoms with E-state index in [1.54, 1.807) is 6.20 Å². The first kappa shape index (κ1) is 13.4. The molecule has 106 valence electrons. The number of carbonyl (C=O) groups excluding carboxylic acids is 1. The summed E-state index contributed by atoms with van der Waals surface area (Å²) in [7, 11) is 0. The minimum Gasteiger partial charge on any atom is -0.351 e. The van der Waals surface area contributed by atoms with Crippen molar-refractivity contribution in [2.24, 2.45) is 0 Å². The molecule has 0 unspecified atom stereocenters. The Hall–Kier alpha value is -1.62. The van der Waals surface area contributed by atoms with E-state index in [0.29, 0.717) is 5.69 Å². The van der Waals surface area contributed by atoms with Crippen LogP contribution >= 0.6 is 11.6 Å². The third-order valence-corrected chi connectivity index (χ3v) is 3.86. The van der Waals surface area contributed by atoms with E-state index in [1.807, 2.05) is 10.6 Å². The molecule has 5 nitrogen and oxygen atoms in total. The van der Waals surface area contributed by atoms with E-state index >= 15 is 0 Å². The summed E-state index contributed by atoms with van der Waals surface area (Å²) in [5.41, 5.74) is 1.40. The second kappa shape index (κ2) is 5.79. The maximum absolute atomic E-state index is 12.3. The Labute approximate surface area is 122 Å². The predicted molar refractivity (Wildman–Crippen MR) is 78.0 cm³/mol. The number of carbonyl (C=O) groups is 1. The number of amides is 1. The van der Waals surface area contributed by atoms with Gasteiger partial charge in [-0.3, -0.25) is 4.79 Å². The van der Waals surface area contributed by atoms with Crippen LogP contribution in [0.3, 0.4) is 0 Å². The van der Waals surface area contributed by atoms with Crippen molar-refractivity contribution in [2.75, 3.05) is 6.54 Å². The molecule has 0 fully saturated rings. The number of aromatic nitrogens is 3. The Morgan fingerprint density at radius 1 is 1.20 bits per heavy atom. The van der Waals surface area contributed by atoms with Gasteiger partial charge in [0.05, 0.1) is 0 Å². The lowest BCUT2D eigenvalue weighted by Gasteiger charge is -2.09. The number of rotatable bonds is 0. The molecule has 2 aromatic rings. The van der Waals surface area contributed by atoms with Crippen molar-refractivity contribution in [3.63, 3.8) is 0 Å². The minimum absolute atomic E-state index is 0.0407. The van der Waals surface area contributed by atoms with Crippen molar-refractivity contribution < 1.29 is 4.79 Å². The molecule has 0 saturated heterocycles. The van der Waals surface area contributed by atoms with Gasteiger partial charge in [0.1, 0.15) is 11.3 Å². The van der Waals surface area contributed by atoms with Gasteiger partial charge in [-0.1, -0.05) is 19.3 Å². The third kappa shape index (κ3) is 2.63. The Kier molecular flexibility index (Phi) is 3.87. The van der Waals surface area contributed by atoms with Crippen molar-refractivity contribution in [1.82, 2.24) is 19.9 Å². The number of hydrogen-bond donors (Lipinski definition) is 1. The highest BCUT2D eigenvalue weighted by Gasteiger charge is 2.17. The van der Waals surface area contributed by atoms with Crippen molar-refractivity contribution in [2.45, 2.75) is 38.6 Å². The van der Waals surface area contributed by atoms with Crippen LogP contribution in [0.25, 0.3) is 11.0 Å². The fourth-order valence-corrected chi connectivity index (χ4v) is 2.78. The minimum atomic E-state index is -0.0407. The Morgan fingerprint density at radius 2 is 2.00 bits per heavy atom. The molecular weight excluding hydrogens is 276 g/mol. The second-order valence-corrected chi connectivity index (χ2v) is 5.46. The molecule has 1 N–H and O–H groups in total. The third-order valence-electron chi connectivity index (χ3n) is 3.68. The summed E-state index contributed by atoms with van der Waals surface area (Å²) >= 11 is 5.88. The van der Waals surface area contributed by atoms with Gasteiger partial charge in [-0.25, -0.2) is 4.98 Å². The van der Waals surface area contributed by atoms with E-state index in [0.717, 1.165) is 37.0 Å². The fraction of sp³-hybridized carbons (Fsp3) is 0.500. The molecule has 0 saturated carbocycles. The lowest BCUT2D eigenvalue weighted by atomic mass is 10.1. The van der Waals surface area contributed by atoms with Gasteiger partial charge in [-0.15, -0.1) is 0 Å². The van der Waals surface area contributed by atoms with Crippen LogP contribution < -0.4 is 5.32 Å². The van der Waals surface area contributed by atoms with Crippen LogP contribution in [0.15, 0.2) is 12.3 Å². The highest BCUT2D eigenvalue weighted by molar-refractivity contribution is 6.28. The number of halogens is 1. The van der Waals surface area contributed by atoms with Crippen molar-refractivity contribution >= 4 is 28.5 Å². The van der Waals surface area contributed by atoms with Crippen molar-refractivity contribution in [3.05, 3.63) is 23.2 Å². The summed E-state index contributed by atoms with van der Waals surface area (Å²) in [4.78, 5) is 20.5. The van der Waals surface area contributed by atoms with Crippen molar-refractivity contribution in [1.29, 1.82) is 0 Å². The molecule has 6 heteroatoms. The molecular formula is C14H17ClN4O. The van der Waals surface area contributed by atoms with Gasteiger partial charge in [-0.2, -0.15) is 4.98 Å². The summed E-state index contributed by atoms with van der Waals surface area (Å²) in [6.45, 7) is 1.52. The van der Waals surface area contributed by atoms with Crippen LogP contribution in [0.2, 0.25) is 5.28 Å². The topological polar surface area (TPSA) is 59.8 Å². The first-order chi connectivity index (χ1) is 9.75. The van der Waals surface area contributed by atoms with Crippen LogP contribution in [0.4, 0.5) is 0 Å². The molecule has 0 radical (unpaired) electrons. The lowest BCUT2D eigenvalue weighted by molar-refractivity contribution is 0.0944. The fourth-order valence-electron chi connectivity index (χ4n) is 2.65. The molecule has 1 aliphatic heterocycles. The van der Waals surface area contributed by atoms with Gasteiger partial charge >= 0.3 is 0 Å². The van der Waals surface area contributed by atoms with Crippen LogP contribution in [0.1, 0.15) is 42.6 Å². The number of fused-ring (bicyclic) bond motifs is 3. The summed E-state index contributed by atoms with van der Waals surface area (Å²) in [6.07, 6.45) is 7.31. The van der Waals surface area contributed by atoms with E-state index in [2.05, 4.69) is 15.3 Å². The van der Waals surface area contributed by atoms with Gasteiger partial charge in [0, 0.05) is 24.7 Å². The number of nitrogens with zero attached hydrogens (tertiary/aromatic N) is 3. The van der Waals surface area contributed by atoms with Gasteiger partial charge in [-0.05, 0) is 30.5 Å². The highest BCUT2D eigenvalue weighted by Crippen LogP contribution is 2.20. The standard InChI is InChI=1S/C14H17ClN4O/c15-14-17-9-10-8-11-13(20)16-6-4-2-1-3-5-7-19(11)12(10)18-14/h8-9H,1-7H2,(H,16,20). The zero-order valence-electron chi connectivity index (χ0n) is 11.2. The Bertz CT molecular complexity index is 637. The van der Waals surface area contributed by atoms with E-state index in [9.17, 15) is 4.79 Å². The summed E-state index contributed by atoms with van der Waals surface area (Å²) in [5.74, 6) is -0.0407. The molecule has 0 aromatic carbocycles. The summed E-state index contributed by atoms with van der Waals surface area (Å²) in [6, 6.07) is 1.85. The van der Waals surface area contributed by atoms with Gasteiger partial charge in [0.15, 0.2) is 0 Å². The smallest absolute Gasteiger partial charge is 0.267 e. The Balaban J connectivity index is 2.05. The van der Waals surface area contributed by atoms with E-state index in [-0.39, 0.29) is 11.2 Å². The molecule has 0 aliphatic carbocycles. The number of aryl methyl sites for hydroxylation is 1. The summed E-state index contributed by atoms with van der Waals surface area (Å²) in [5, 5.41) is 4.04. The second-order valence-electron chi connectivity index (χ2n) is 5.12. The van der Waals surface area contributed by atoms with Crippen LogP contribution in [-0.4, -0.2) is 27.0 Å². The maximum atomic E-state index is 12.3. The molecule has 0 bridgehead atoms. The highest BCUT2D eigenvalue weighted by atomic mass is 35.5. The van der Waals surface area contributed by atoms with Crippen LogP contribution in [-0.2, 0) is 6.54 Å². The molecule has 2 aromatic heterocycles. The quantitative estimate of drug-likeness (QED) is 0.760. The zero-order chi connectivity index (χ0) is 13.9. The van der Waals surface area contributed by atoms with E-state index in [4.69, 9.17) is 11.6 Å². The Morgan fingerprint density at radius 3 is 2.90 bits per heavy atom. The molecule has 0 spiro atoms. The average Bonchev–Trinajstić information content (AvgIpc) is 2.77. The van der Waals surface area contributed by atoms with Crippen molar-refractivity contribution in [3.8, 4) is 0 Å². The number of hydrogen-bond acceptors (Lipinski definition) is 3. The monoisotopic (exact) mass is 292 g/mol. The summed E-state index contributed by atoms with van der Waals surface area (Å²) < 4.78 is 1.96. The maximum Gasteiger partial charge on any atom is 0.267 e. The van der Waals surface area contributed by atoms with Crippen LogP contribution in [0.5, 0.6) is 0 Å². The zero-order valence-corrected chi connectivity index (χ0v) is 12.0. The van der Waals surface area contributed by atoms with Gasteiger partial charge in [0.2, 0.25) is 5.28 Å². The largest absolute Gasteiger partial charge is 0.351 e. The molecule has 1 amide bonds. The molecule has 3 heterocycles. The van der Waals surface area contributed by atoms with E-state index in [1.165, 1.54) is 19.3 Å².